The van der Waals surface area contributed by atoms with Crippen LogP contribution in [0.4, 0.5) is 0 Å². The van der Waals surface area contributed by atoms with E-state index < -0.39 is 0 Å². The Balaban J connectivity index is 1.53. The number of rotatable bonds is 6. The highest BCUT2D eigenvalue weighted by Crippen LogP contribution is 2.46. The summed E-state index contributed by atoms with van der Waals surface area (Å²) >= 11 is 16.8. The summed E-state index contributed by atoms with van der Waals surface area (Å²) in [5.74, 6) is 0.819. The second kappa shape index (κ2) is 11.1. The van der Waals surface area contributed by atoms with E-state index in [1.165, 1.54) is 16.7 Å². The molecule has 1 aliphatic heterocycles. The number of fused-ring (bicyclic) bond motifs is 2. The van der Waals surface area contributed by atoms with E-state index in [1.807, 2.05) is 12.3 Å². The van der Waals surface area contributed by atoms with Crippen LogP contribution in [0.2, 0.25) is 10.0 Å². The molecule has 4 rings (SSSR count). The van der Waals surface area contributed by atoms with Crippen molar-refractivity contribution in [1.29, 1.82) is 0 Å². The monoisotopic (exact) mass is 551 g/mol. The largest absolute Gasteiger partial charge is 0.343 e. The molecule has 1 atom stereocenters. The molecule has 0 spiro atoms. The lowest BCUT2D eigenvalue weighted by Crippen LogP contribution is -2.40. The third kappa shape index (κ3) is 5.93. The number of halogens is 3. The van der Waals surface area contributed by atoms with Crippen LogP contribution in [0.3, 0.4) is 0 Å². The number of pyridine rings is 1. The Bertz CT molecular complexity index is 1010. The van der Waals surface area contributed by atoms with E-state index in [0.29, 0.717) is 23.3 Å². The molecule has 2 heterocycles. The maximum Gasteiger partial charge on any atom is 0.222 e. The van der Waals surface area contributed by atoms with Gasteiger partial charge in [0.15, 0.2) is 0 Å². The number of carbonyl (C=O) groups is 1. The highest BCUT2D eigenvalue weighted by molar-refractivity contribution is 9.10. The molecule has 1 aromatic carbocycles. The minimum absolute atomic E-state index is 0.132. The van der Waals surface area contributed by atoms with Gasteiger partial charge in [-0.25, -0.2) is 0 Å². The molecule has 1 aliphatic carbocycles. The molecule has 1 amide bonds. The van der Waals surface area contributed by atoms with Crippen LogP contribution in [0.15, 0.2) is 28.9 Å². The van der Waals surface area contributed by atoms with E-state index in [-0.39, 0.29) is 5.92 Å². The van der Waals surface area contributed by atoms with Gasteiger partial charge in [0, 0.05) is 46.1 Å². The van der Waals surface area contributed by atoms with Crippen molar-refractivity contribution in [1.82, 2.24) is 14.8 Å². The maximum atomic E-state index is 12.8. The number of likely N-dealkylation sites (tertiary alicyclic amines) is 1. The van der Waals surface area contributed by atoms with Gasteiger partial charge in [-0.3, -0.25) is 9.78 Å². The smallest absolute Gasteiger partial charge is 0.222 e. The molecule has 0 bridgehead atoms. The number of aryl methyl sites for hydroxylation is 2. The summed E-state index contributed by atoms with van der Waals surface area (Å²) in [4.78, 5) is 21.9. The Kier molecular flexibility index (Phi) is 8.37. The van der Waals surface area contributed by atoms with Crippen LogP contribution in [-0.2, 0) is 17.6 Å². The van der Waals surface area contributed by atoms with E-state index in [1.54, 1.807) is 0 Å². The topological polar surface area (TPSA) is 36.4 Å². The van der Waals surface area contributed by atoms with Crippen LogP contribution in [0.1, 0.15) is 60.4 Å². The predicted molar refractivity (Wildman–Crippen MR) is 139 cm³/mol. The van der Waals surface area contributed by atoms with Crippen LogP contribution in [0.25, 0.3) is 0 Å². The maximum absolute atomic E-state index is 12.8. The minimum Gasteiger partial charge on any atom is -0.343 e. The third-order valence-corrected chi connectivity index (χ3v) is 7.99. The van der Waals surface area contributed by atoms with E-state index in [9.17, 15) is 4.79 Å². The molecule has 7 heteroatoms. The fourth-order valence-corrected chi connectivity index (χ4v) is 6.41. The number of hydrogen-bond acceptors (Lipinski definition) is 3. The predicted octanol–water partition coefficient (Wildman–Crippen LogP) is 6.35. The molecular weight excluding hydrogens is 521 g/mol. The first-order valence-electron chi connectivity index (χ1n) is 11.9. The third-order valence-electron chi connectivity index (χ3n) is 7.03. The van der Waals surface area contributed by atoms with E-state index in [2.05, 4.69) is 52.0 Å². The Morgan fingerprint density at radius 2 is 1.85 bits per heavy atom. The zero-order chi connectivity index (χ0) is 23.5. The number of hydrogen-bond donors (Lipinski definition) is 0. The molecule has 0 N–H and O–H groups in total. The summed E-state index contributed by atoms with van der Waals surface area (Å²) < 4.78 is 1.00. The Morgan fingerprint density at radius 1 is 1.12 bits per heavy atom. The van der Waals surface area contributed by atoms with Crippen molar-refractivity contribution in [2.75, 3.05) is 33.7 Å². The summed E-state index contributed by atoms with van der Waals surface area (Å²) in [6.07, 6.45) is 8.31. The first kappa shape index (κ1) is 25.0. The van der Waals surface area contributed by atoms with Crippen molar-refractivity contribution < 1.29 is 4.79 Å². The van der Waals surface area contributed by atoms with Crippen molar-refractivity contribution in [3.63, 3.8) is 0 Å². The van der Waals surface area contributed by atoms with Gasteiger partial charge in [0.2, 0.25) is 5.91 Å². The number of amides is 1. The molecule has 0 saturated carbocycles. The molecule has 33 heavy (non-hydrogen) atoms. The number of unbranched alkanes of at least 4 members (excludes halogenated alkanes) is 1. The first-order chi connectivity index (χ1) is 15.8. The summed E-state index contributed by atoms with van der Waals surface area (Å²) in [7, 11) is 4.15. The van der Waals surface area contributed by atoms with Crippen LogP contribution >= 0.6 is 39.1 Å². The normalized spacial score (nSPS) is 18.7. The van der Waals surface area contributed by atoms with Crippen molar-refractivity contribution in [2.45, 2.75) is 50.9 Å². The van der Waals surface area contributed by atoms with Gasteiger partial charge in [-0.1, -0.05) is 23.2 Å². The lowest BCUT2D eigenvalue weighted by Gasteiger charge is -2.37. The van der Waals surface area contributed by atoms with Crippen molar-refractivity contribution in [3.05, 3.63) is 61.3 Å². The second-order valence-electron chi connectivity index (χ2n) is 9.61. The first-order valence-corrected chi connectivity index (χ1v) is 13.4. The van der Waals surface area contributed by atoms with Crippen molar-refractivity contribution >= 4 is 45.0 Å². The van der Waals surface area contributed by atoms with Gasteiger partial charge < -0.3 is 9.80 Å². The Morgan fingerprint density at radius 3 is 2.58 bits per heavy atom. The molecule has 1 fully saturated rings. The fourth-order valence-electron chi connectivity index (χ4n) is 5.37. The van der Waals surface area contributed by atoms with Crippen molar-refractivity contribution in [3.8, 4) is 0 Å². The molecule has 0 radical (unpaired) electrons. The average molecular weight is 553 g/mol. The zero-order valence-corrected chi connectivity index (χ0v) is 22.5. The highest BCUT2D eigenvalue weighted by atomic mass is 79.9. The molecular formula is C26H32BrCl2N3O. The fraction of sp³-hybridized carbons (Fsp3) is 0.538. The number of nitrogens with zero attached hydrogens (tertiary/aromatic N) is 3. The van der Waals surface area contributed by atoms with Gasteiger partial charge >= 0.3 is 0 Å². The number of aromatic nitrogens is 1. The SMILES string of the molecule is CN(C)CCCCC(=O)N1CCC(C2c3ncc(Br)cc3CCc3cc(Cl)cc(Cl)c32)CC1. The number of benzene rings is 1. The quantitative estimate of drug-likeness (QED) is 0.392. The summed E-state index contributed by atoms with van der Waals surface area (Å²) in [6, 6.07) is 6.14. The van der Waals surface area contributed by atoms with Crippen LogP contribution in [-0.4, -0.2) is 54.4 Å². The summed E-state index contributed by atoms with van der Waals surface area (Å²) in [5.41, 5.74) is 4.82. The van der Waals surface area contributed by atoms with Gasteiger partial charge in [0.25, 0.3) is 0 Å². The van der Waals surface area contributed by atoms with Crippen LogP contribution in [0.5, 0.6) is 0 Å². The van der Waals surface area contributed by atoms with Gasteiger partial charge in [-0.15, -0.1) is 0 Å². The van der Waals surface area contributed by atoms with Crippen molar-refractivity contribution in [2.24, 2.45) is 5.92 Å². The zero-order valence-electron chi connectivity index (χ0n) is 19.4. The van der Waals surface area contributed by atoms with E-state index in [0.717, 1.165) is 73.3 Å². The molecule has 2 aromatic rings. The lowest BCUT2D eigenvalue weighted by atomic mass is 9.76. The lowest BCUT2D eigenvalue weighted by molar-refractivity contribution is -0.132. The number of piperidine rings is 1. The standard InChI is InChI=1S/C26H32BrCl2N3O/c1-31(2)10-4-3-5-23(33)32-11-8-17(9-12-32)25-24-18(14-21(28)15-22(24)29)6-7-19-13-20(27)16-30-26(19)25/h13-17,25H,3-12H2,1-2H3. The molecule has 178 valence electrons. The highest BCUT2D eigenvalue weighted by Gasteiger charge is 2.36. The minimum atomic E-state index is 0.132. The summed E-state index contributed by atoms with van der Waals surface area (Å²) in [6.45, 7) is 2.64. The molecule has 1 unspecified atom stereocenters. The molecule has 1 saturated heterocycles. The molecule has 4 nitrogen and oxygen atoms in total. The Hall–Kier alpha value is -1.14. The molecule has 2 aliphatic rings. The van der Waals surface area contributed by atoms with Gasteiger partial charge in [0.05, 0.1) is 5.69 Å². The van der Waals surface area contributed by atoms with Crippen LogP contribution < -0.4 is 0 Å². The van der Waals surface area contributed by atoms with E-state index in [4.69, 9.17) is 28.2 Å². The van der Waals surface area contributed by atoms with Gasteiger partial charge in [-0.2, -0.15) is 0 Å². The number of carbonyl (C=O) groups excluding carboxylic acids is 1. The summed E-state index contributed by atoms with van der Waals surface area (Å²) in [5, 5.41) is 1.42. The Labute approximate surface area is 215 Å². The molecule has 1 aromatic heterocycles. The van der Waals surface area contributed by atoms with E-state index >= 15 is 0 Å². The van der Waals surface area contributed by atoms with Gasteiger partial charge in [-0.05, 0) is 116 Å². The van der Waals surface area contributed by atoms with Crippen LogP contribution in [0, 0.1) is 5.92 Å². The van der Waals surface area contributed by atoms with Gasteiger partial charge in [0.1, 0.15) is 0 Å². The average Bonchev–Trinajstić information content (AvgIpc) is 2.93. The second-order valence-corrected chi connectivity index (χ2v) is 11.4.